The topological polar surface area (TPSA) is 118 Å². The molecule has 39 heavy (non-hydrogen) atoms. The summed E-state index contributed by atoms with van der Waals surface area (Å²) in [5.74, 6) is -1.57. The van der Waals surface area contributed by atoms with E-state index < -0.39 is 24.7 Å². The molecule has 2 heterocycles. The quantitative estimate of drug-likeness (QED) is 0.418. The molecule has 1 aliphatic heterocycles. The smallest absolute Gasteiger partial charge is 0.352 e. The lowest BCUT2D eigenvalue weighted by atomic mass is 9.78. The van der Waals surface area contributed by atoms with E-state index in [4.69, 9.17) is 5.73 Å². The van der Waals surface area contributed by atoms with Gasteiger partial charge >= 0.3 is 5.97 Å². The zero-order valence-electron chi connectivity index (χ0n) is 22.1. The van der Waals surface area contributed by atoms with Gasteiger partial charge in [-0.15, -0.1) is 0 Å². The largest absolute Gasteiger partial charge is 0.477 e. The fourth-order valence-corrected chi connectivity index (χ4v) is 6.42. The number of rotatable bonds is 7. The van der Waals surface area contributed by atoms with Crippen LogP contribution in [-0.2, 0) is 16.6 Å². The highest BCUT2D eigenvalue weighted by atomic mass is 19.1. The highest BCUT2D eigenvalue weighted by molar-refractivity contribution is 6.01. The predicted octanol–water partition coefficient (Wildman–Crippen LogP) is 4.30. The lowest BCUT2D eigenvalue weighted by Crippen LogP contribution is -2.48. The molecule has 2 aliphatic rings. The molecule has 5 rings (SSSR count). The molecule has 1 unspecified atom stereocenters. The summed E-state index contributed by atoms with van der Waals surface area (Å²) >= 11 is 0. The summed E-state index contributed by atoms with van der Waals surface area (Å²) in [4.78, 5) is 40.9. The first-order valence-electron chi connectivity index (χ1n) is 13.6. The van der Waals surface area contributed by atoms with Crippen molar-refractivity contribution in [1.29, 1.82) is 0 Å². The van der Waals surface area contributed by atoms with Crippen molar-refractivity contribution in [1.82, 2.24) is 9.47 Å². The van der Waals surface area contributed by atoms with Gasteiger partial charge in [0.1, 0.15) is 18.4 Å². The van der Waals surface area contributed by atoms with Crippen LogP contribution < -0.4 is 11.1 Å². The van der Waals surface area contributed by atoms with Crippen LogP contribution in [0.5, 0.6) is 0 Å². The Morgan fingerprint density at radius 2 is 1.77 bits per heavy atom. The second kappa shape index (κ2) is 11.2. The molecule has 2 aromatic carbocycles. The van der Waals surface area contributed by atoms with Crippen molar-refractivity contribution in [2.24, 2.45) is 24.6 Å². The van der Waals surface area contributed by atoms with Crippen molar-refractivity contribution in [3.05, 3.63) is 65.9 Å². The Bertz CT molecular complexity index is 1370. The molecule has 3 aromatic rings. The number of benzene rings is 2. The number of nitrogens with two attached hydrogens (primary N) is 1. The van der Waals surface area contributed by atoms with Crippen LogP contribution >= 0.6 is 0 Å². The average molecular weight is 535 g/mol. The Hall–Kier alpha value is -3.72. The average Bonchev–Trinajstić information content (AvgIpc) is 3.54. The first kappa shape index (κ1) is 26.9. The number of nitrogens with zero attached hydrogens (tertiary/aromatic N) is 2. The molecular weight excluding hydrogens is 499 g/mol. The van der Waals surface area contributed by atoms with Crippen LogP contribution in [0, 0.1) is 11.8 Å². The zero-order chi connectivity index (χ0) is 27.7. The minimum absolute atomic E-state index is 0.0227. The normalized spacial score (nSPS) is 24.0. The van der Waals surface area contributed by atoms with Gasteiger partial charge in [0.25, 0.3) is 0 Å². The molecule has 1 aliphatic carbocycles. The first-order valence-corrected chi connectivity index (χ1v) is 13.6. The molecule has 4 N–H and O–H groups in total. The molecule has 0 bridgehead atoms. The predicted molar refractivity (Wildman–Crippen MR) is 147 cm³/mol. The van der Waals surface area contributed by atoms with Crippen LogP contribution in [0.2, 0.25) is 0 Å². The van der Waals surface area contributed by atoms with E-state index in [-0.39, 0.29) is 35.3 Å². The third-order valence-corrected chi connectivity index (χ3v) is 8.61. The van der Waals surface area contributed by atoms with E-state index >= 15 is 0 Å². The molecule has 0 spiro atoms. The summed E-state index contributed by atoms with van der Waals surface area (Å²) in [6.07, 6.45) is 3.40. The van der Waals surface area contributed by atoms with Gasteiger partial charge < -0.3 is 25.6 Å². The van der Waals surface area contributed by atoms with Gasteiger partial charge in [-0.2, -0.15) is 0 Å². The Balaban J connectivity index is 1.38. The molecule has 3 atom stereocenters. The highest BCUT2D eigenvalue weighted by Gasteiger charge is 2.44. The van der Waals surface area contributed by atoms with Crippen LogP contribution in [0.25, 0.3) is 10.9 Å². The maximum Gasteiger partial charge on any atom is 0.352 e. The molecule has 2 amide bonds. The van der Waals surface area contributed by atoms with Gasteiger partial charge in [-0.3, -0.25) is 9.59 Å². The third kappa shape index (κ3) is 5.28. The van der Waals surface area contributed by atoms with E-state index in [1.165, 1.54) is 0 Å². The van der Waals surface area contributed by atoms with Crippen molar-refractivity contribution >= 4 is 34.4 Å². The Kier molecular flexibility index (Phi) is 7.70. The number of hydrogen-bond acceptors (Lipinski definition) is 4. The molecule has 1 aromatic heterocycles. The van der Waals surface area contributed by atoms with Gasteiger partial charge in [-0.05, 0) is 67.9 Å². The van der Waals surface area contributed by atoms with Crippen molar-refractivity contribution < 1.29 is 23.9 Å². The second-order valence-electron chi connectivity index (χ2n) is 10.9. The van der Waals surface area contributed by atoms with E-state index in [1.54, 1.807) is 40.8 Å². The Labute approximate surface area is 227 Å². The third-order valence-electron chi connectivity index (χ3n) is 8.61. The Morgan fingerprint density at radius 1 is 1.05 bits per heavy atom. The number of aryl methyl sites for hydroxylation is 1. The molecular formula is C30H35FN4O4. The minimum atomic E-state index is -1.02. The fraction of sp³-hybridized carbons (Fsp3) is 0.433. The number of carboxylic acid groups (broad SMARTS) is 1. The Morgan fingerprint density at radius 3 is 2.44 bits per heavy atom. The second-order valence-corrected chi connectivity index (χ2v) is 10.9. The van der Waals surface area contributed by atoms with Gasteiger partial charge in [0, 0.05) is 48.1 Å². The summed E-state index contributed by atoms with van der Waals surface area (Å²) in [6.45, 7) is -0.0666. The van der Waals surface area contributed by atoms with E-state index in [0.717, 1.165) is 11.1 Å². The lowest BCUT2D eigenvalue weighted by molar-refractivity contribution is -0.141. The van der Waals surface area contributed by atoms with E-state index in [9.17, 15) is 23.9 Å². The van der Waals surface area contributed by atoms with Crippen LogP contribution in [0.4, 0.5) is 10.1 Å². The SMILES string of the molecule is Cn1c(C(=O)O)cc2cc(NC(=O)[C@@H]3[C@@H](c4ccccc4)CCN3C(=O)[C@H]3CC[C@H](C(N)CF)CC3)ccc21. The van der Waals surface area contributed by atoms with E-state index in [2.05, 4.69) is 5.32 Å². The number of amides is 2. The number of likely N-dealkylation sites (tertiary alicyclic amines) is 1. The molecule has 2 fully saturated rings. The standard InChI is InChI=1S/C30H35FN4O4/c1-34-25-12-11-22(15-21(25)16-26(34)30(38)39)33-28(36)27-23(18-5-3-2-4-6-18)13-14-35(27)29(37)20-9-7-19(8-10-20)24(32)17-31/h2-6,11-12,15-16,19-20,23-24,27H,7-10,13-14,17,32H2,1H3,(H,33,36)(H,38,39)/t19-,20-,23-,24?,27+/m1/s1. The molecule has 9 heteroatoms. The number of alkyl halides is 1. The maximum atomic E-state index is 13.8. The number of carboxylic acids is 1. The number of halogens is 1. The van der Waals surface area contributed by atoms with Crippen molar-refractivity contribution in [3.8, 4) is 0 Å². The summed E-state index contributed by atoms with van der Waals surface area (Å²) < 4.78 is 14.7. The van der Waals surface area contributed by atoms with Crippen LogP contribution in [-0.4, -0.2) is 57.7 Å². The summed E-state index contributed by atoms with van der Waals surface area (Å²) in [5, 5.41) is 13.2. The number of fused-ring (bicyclic) bond motifs is 1. The highest BCUT2D eigenvalue weighted by Crippen LogP contribution is 2.38. The number of anilines is 1. The van der Waals surface area contributed by atoms with Gasteiger partial charge in [0.2, 0.25) is 11.8 Å². The van der Waals surface area contributed by atoms with E-state index in [0.29, 0.717) is 49.7 Å². The van der Waals surface area contributed by atoms with Crippen molar-refractivity contribution in [2.45, 2.75) is 50.1 Å². The van der Waals surface area contributed by atoms with Crippen LogP contribution in [0.3, 0.4) is 0 Å². The van der Waals surface area contributed by atoms with Gasteiger partial charge in [-0.1, -0.05) is 30.3 Å². The fourth-order valence-electron chi connectivity index (χ4n) is 6.42. The number of nitrogens with one attached hydrogen (secondary N) is 1. The van der Waals surface area contributed by atoms with Crippen LogP contribution in [0.1, 0.15) is 54.1 Å². The molecule has 1 saturated heterocycles. The summed E-state index contributed by atoms with van der Waals surface area (Å²) in [5.41, 5.74) is 8.37. The molecule has 206 valence electrons. The number of aromatic nitrogens is 1. The summed E-state index contributed by atoms with van der Waals surface area (Å²) in [6, 6.07) is 15.5. The maximum absolute atomic E-state index is 13.8. The first-order chi connectivity index (χ1) is 18.8. The minimum Gasteiger partial charge on any atom is -0.477 e. The monoisotopic (exact) mass is 534 g/mol. The molecule has 1 saturated carbocycles. The number of carbonyl (C=O) groups excluding carboxylic acids is 2. The van der Waals surface area contributed by atoms with Crippen LogP contribution in [0.15, 0.2) is 54.6 Å². The molecule has 0 radical (unpaired) electrons. The van der Waals surface area contributed by atoms with Gasteiger partial charge in [-0.25, -0.2) is 9.18 Å². The lowest BCUT2D eigenvalue weighted by Gasteiger charge is -2.35. The molecule has 8 nitrogen and oxygen atoms in total. The van der Waals surface area contributed by atoms with Gasteiger partial charge in [0.05, 0.1) is 0 Å². The van der Waals surface area contributed by atoms with Crippen molar-refractivity contribution in [3.63, 3.8) is 0 Å². The summed E-state index contributed by atoms with van der Waals surface area (Å²) in [7, 11) is 1.69. The van der Waals surface area contributed by atoms with Gasteiger partial charge in [0.15, 0.2) is 0 Å². The zero-order valence-corrected chi connectivity index (χ0v) is 22.1. The number of hydrogen-bond donors (Lipinski definition) is 3. The number of aromatic carboxylic acids is 1. The number of carbonyl (C=O) groups is 3. The van der Waals surface area contributed by atoms with Crippen molar-refractivity contribution in [2.75, 3.05) is 18.5 Å². The van der Waals surface area contributed by atoms with E-state index in [1.807, 2.05) is 30.3 Å².